The van der Waals surface area contributed by atoms with Crippen LogP contribution in [0.1, 0.15) is 0 Å². The van der Waals surface area contributed by atoms with Crippen LogP contribution in [-0.2, 0) is 0 Å². The summed E-state index contributed by atoms with van der Waals surface area (Å²) >= 11 is 0. The number of aromatic nitrogens is 4. The van der Waals surface area contributed by atoms with E-state index in [9.17, 15) is 0 Å². The Labute approximate surface area is 335 Å². The van der Waals surface area contributed by atoms with Gasteiger partial charge >= 0.3 is 0 Å². The second-order valence-electron chi connectivity index (χ2n) is 14.5. The normalized spacial score (nSPS) is 11.4. The molecule has 5 heteroatoms. The Morgan fingerprint density at radius 3 is 1.43 bits per heavy atom. The minimum absolute atomic E-state index is 0.530. The highest BCUT2D eigenvalue weighted by Crippen LogP contribution is 2.38. The molecule has 0 aliphatic rings. The molecule has 5 nitrogen and oxygen atoms in total. The van der Waals surface area contributed by atoms with Gasteiger partial charge in [-0.15, -0.1) is 0 Å². The smallest absolute Gasteiger partial charge is 0.198 e. The average Bonchev–Trinajstić information content (AvgIpc) is 3.82. The molecule has 0 aliphatic heterocycles. The molecular formula is C53H33N5. The van der Waals surface area contributed by atoms with E-state index < -0.39 is 0 Å². The van der Waals surface area contributed by atoms with Crippen LogP contribution in [0.3, 0.4) is 0 Å². The first kappa shape index (κ1) is 33.3. The monoisotopic (exact) mass is 739 g/mol. The van der Waals surface area contributed by atoms with Gasteiger partial charge in [0.1, 0.15) is 5.82 Å². The first-order valence-electron chi connectivity index (χ1n) is 19.4. The molecule has 0 amide bonds. The summed E-state index contributed by atoms with van der Waals surface area (Å²) in [5, 5.41) is 4.96. The van der Waals surface area contributed by atoms with Gasteiger partial charge in [-0.2, -0.15) is 0 Å². The number of hydrogen-bond acceptors (Lipinski definition) is 2. The SMILES string of the molecule is [C-]#[N+]c1ccccc1-c1nc(-c2ccccc2)cc(-c2ccc(-c3ccc(-n4c5ccccc5c5cc(-n6c7ccccc7c7ccccc76)ccc54)cc3)cc2)n1. The highest BCUT2D eigenvalue weighted by Gasteiger charge is 2.17. The number of para-hydroxylation sites is 4. The summed E-state index contributed by atoms with van der Waals surface area (Å²) in [6.07, 6.45) is 0. The number of nitrogens with zero attached hydrogens (tertiary/aromatic N) is 5. The van der Waals surface area contributed by atoms with E-state index in [1.54, 1.807) is 0 Å². The van der Waals surface area contributed by atoms with Crippen molar-refractivity contribution in [3.8, 4) is 56.4 Å². The summed E-state index contributed by atoms with van der Waals surface area (Å²) in [5.74, 6) is 0.538. The van der Waals surface area contributed by atoms with Crippen LogP contribution in [0, 0.1) is 6.57 Å². The number of hydrogen-bond donors (Lipinski definition) is 0. The molecule has 0 saturated carbocycles. The van der Waals surface area contributed by atoms with E-state index in [2.05, 4.69) is 154 Å². The Balaban J connectivity index is 0.955. The quantitative estimate of drug-likeness (QED) is 0.159. The summed E-state index contributed by atoms with van der Waals surface area (Å²) in [5.41, 5.74) is 14.1. The molecular weight excluding hydrogens is 707 g/mol. The molecule has 8 aromatic carbocycles. The van der Waals surface area contributed by atoms with Crippen molar-refractivity contribution < 1.29 is 0 Å². The fourth-order valence-electron chi connectivity index (χ4n) is 8.45. The molecule has 58 heavy (non-hydrogen) atoms. The summed E-state index contributed by atoms with van der Waals surface area (Å²) in [6.45, 7) is 7.74. The Bertz CT molecular complexity index is 3330. The molecule has 3 heterocycles. The Hall–Kier alpha value is -8.07. The van der Waals surface area contributed by atoms with E-state index in [0.29, 0.717) is 11.5 Å². The van der Waals surface area contributed by atoms with E-state index in [0.717, 1.165) is 50.6 Å². The van der Waals surface area contributed by atoms with Crippen molar-refractivity contribution in [2.45, 2.75) is 0 Å². The van der Waals surface area contributed by atoms with Gasteiger partial charge < -0.3 is 9.13 Å². The third-order valence-electron chi connectivity index (χ3n) is 11.2. The summed E-state index contributed by atoms with van der Waals surface area (Å²) in [4.78, 5) is 13.7. The predicted molar refractivity (Wildman–Crippen MR) is 239 cm³/mol. The second kappa shape index (κ2) is 13.6. The molecule has 11 rings (SSSR count). The second-order valence-corrected chi connectivity index (χ2v) is 14.5. The zero-order chi connectivity index (χ0) is 38.6. The molecule has 0 radical (unpaired) electrons. The maximum absolute atomic E-state index is 7.74. The van der Waals surface area contributed by atoms with Crippen LogP contribution in [-0.4, -0.2) is 19.1 Å². The topological polar surface area (TPSA) is 40.0 Å². The van der Waals surface area contributed by atoms with Gasteiger partial charge in [0.2, 0.25) is 0 Å². The largest absolute Gasteiger partial charge is 0.309 e. The van der Waals surface area contributed by atoms with Crippen LogP contribution < -0.4 is 0 Å². The first-order valence-corrected chi connectivity index (χ1v) is 19.4. The van der Waals surface area contributed by atoms with Gasteiger partial charge in [-0.1, -0.05) is 146 Å². The number of rotatable bonds is 6. The zero-order valence-corrected chi connectivity index (χ0v) is 31.3. The molecule has 0 unspecified atom stereocenters. The molecule has 0 spiro atoms. The van der Waals surface area contributed by atoms with Crippen molar-refractivity contribution in [1.82, 2.24) is 19.1 Å². The van der Waals surface area contributed by atoms with Gasteiger partial charge in [-0.3, -0.25) is 0 Å². The number of benzene rings is 8. The highest BCUT2D eigenvalue weighted by atomic mass is 15.0. The van der Waals surface area contributed by atoms with Crippen molar-refractivity contribution in [3.63, 3.8) is 0 Å². The van der Waals surface area contributed by atoms with E-state index in [1.807, 2.05) is 60.7 Å². The summed E-state index contributed by atoms with van der Waals surface area (Å²) in [6, 6.07) is 69.9. The van der Waals surface area contributed by atoms with Crippen molar-refractivity contribution in [2.24, 2.45) is 0 Å². The Morgan fingerprint density at radius 2 is 0.810 bits per heavy atom. The van der Waals surface area contributed by atoms with Crippen LogP contribution >= 0.6 is 0 Å². The molecule has 0 saturated heterocycles. The lowest BCUT2D eigenvalue weighted by molar-refractivity contribution is 1.17. The fourth-order valence-corrected chi connectivity index (χ4v) is 8.45. The van der Waals surface area contributed by atoms with Crippen molar-refractivity contribution in [2.75, 3.05) is 0 Å². The maximum Gasteiger partial charge on any atom is 0.198 e. The standard InChI is InChI=1S/C53H33N5/c1-54-46-19-9-5-18-44(46)53-55-47(37-13-3-2-4-14-37)34-48(56-53)38-25-23-35(24-26-38)36-27-29-39(30-28-36)57-51-22-12-8-17-43(51)45-33-40(31-32-52(45)57)58-49-20-10-6-15-41(49)42-16-7-11-21-50(42)58/h2-34H. The summed E-state index contributed by atoms with van der Waals surface area (Å²) < 4.78 is 4.76. The predicted octanol–water partition coefficient (Wildman–Crippen LogP) is 13.9. The van der Waals surface area contributed by atoms with Crippen LogP contribution in [0.4, 0.5) is 5.69 Å². The molecule has 3 aromatic heterocycles. The molecule has 0 fully saturated rings. The van der Waals surface area contributed by atoms with Crippen LogP contribution in [0.25, 0.3) is 105 Å². The molecule has 270 valence electrons. The summed E-state index contributed by atoms with van der Waals surface area (Å²) in [7, 11) is 0. The lowest BCUT2D eigenvalue weighted by Crippen LogP contribution is -1.96. The molecule has 11 aromatic rings. The molecule has 0 atom stereocenters. The van der Waals surface area contributed by atoms with E-state index in [-0.39, 0.29) is 0 Å². The fraction of sp³-hybridized carbons (Fsp3) is 0. The first-order chi connectivity index (χ1) is 28.7. The molecule has 0 aliphatic carbocycles. The van der Waals surface area contributed by atoms with Crippen molar-refractivity contribution in [1.29, 1.82) is 0 Å². The van der Waals surface area contributed by atoms with Crippen molar-refractivity contribution in [3.05, 3.63) is 212 Å². The Kier molecular flexibility index (Phi) is 7.80. The third kappa shape index (κ3) is 5.47. The van der Waals surface area contributed by atoms with E-state index in [4.69, 9.17) is 16.5 Å². The van der Waals surface area contributed by atoms with Gasteiger partial charge in [-0.05, 0) is 65.7 Å². The van der Waals surface area contributed by atoms with Gasteiger partial charge in [0.05, 0.1) is 40.0 Å². The minimum atomic E-state index is 0.530. The zero-order valence-electron chi connectivity index (χ0n) is 31.3. The third-order valence-corrected chi connectivity index (χ3v) is 11.2. The maximum atomic E-state index is 7.74. The van der Waals surface area contributed by atoms with Gasteiger partial charge in [0.25, 0.3) is 0 Å². The van der Waals surface area contributed by atoms with E-state index in [1.165, 1.54) is 43.6 Å². The van der Waals surface area contributed by atoms with Gasteiger partial charge in [-0.25, -0.2) is 14.8 Å². The van der Waals surface area contributed by atoms with Gasteiger partial charge in [0.15, 0.2) is 5.69 Å². The van der Waals surface area contributed by atoms with Gasteiger partial charge in [0, 0.05) is 49.6 Å². The minimum Gasteiger partial charge on any atom is -0.309 e. The highest BCUT2D eigenvalue weighted by molar-refractivity contribution is 6.12. The number of fused-ring (bicyclic) bond motifs is 6. The molecule has 0 N–H and O–H groups in total. The average molecular weight is 740 g/mol. The van der Waals surface area contributed by atoms with E-state index >= 15 is 0 Å². The van der Waals surface area contributed by atoms with Crippen LogP contribution in [0.2, 0.25) is 0 Å². The van der Waals surface area contributed by atoms with Crippen LogP contribution in [0.5, 0.6) is 0 Å². The lowest BCUT2D eigenvalue weighted by Gasteiger charge is -2.12. The van der Waals surface area contributed by atoms with Crippen molar-refractivity contribution >= 4 is 49.3 Å². The van der Waals surface area contributed by atoms with Crippen LogP contribution in [0.15, 0.2) is 200 Å². The lowest BCUT2D eigenvalue weighted by atomic mass is 10.0. The Morgan fingerprint density at radius 1 is 0.362 bits per heavy atom. The molecule has 0 bridgehead atoms.